The molecule has 0 radical (unpaired) electrons. The van der Waals surface area contributed by atoms with Crippen LogP contribution in [0.5, 0.6) is 5.88 Å². The van der Waals surface area contributed by atoms with Crippen molar-refractivity contribution < 1.29 is 14.8 Å². The lowest BCUT2D eigenvalue weighted by atomic mass is 10.2. The smallest absolute Gasteiger partial charge is 0.343 e. The third-order valence-corrected chi connectivity index (χ3v) is 3.44. The summed E-state index contributed by atoms with van der Waals surface area (Å²) in [6.45, 7) is 1.18. The number of azo groups is 1. The first-order valence-corrected chi connectivity index (χ1v) is 6.88. The van der Waals surface area contributed by atoms with Gasteiger partial charge in [0.15, 0.2) is 18.1 Å². The van der Waals surface area contributed by atoms with Crippen LogP contribution in [0.2, 0.25) is 0 Å². The maximum absolute atomic E-state index is 12.0. The minimum atomic E-state index is -0.705. The molecule has 0 spiro atoms. The van der Waals surface area contributed by atoms with Crippen LogP contribution >= 0.6 is 0 Å². The summed E-state index contributed by atoms with van der Waals surface area (Å²) in [4.78, 5) is 28.7. The van der Waals surface area contributed by atoms with Crippen LogP contribution in [0, 0.1) is 17.0 Å². The van der Waals surface area contributed by atoms with Crippen molar-refractivity contribution in [3.05, 3.63) is 46.4 Å². The van der Waals surface area contributed by atoms with Gasteiger partial charge in [0.1, 0.15) is 6.20 Å². The topological polar surface area (TPSA) is 139 Å². The predicted molar refractivity (Wildman–Crippen MR) is 83.1 cm³/mol. The molecule has 24 heavy (non-hydrogen) atoms. The van der Waals surface area contributed by atoms with E-state index in [1.807, 2.05) is 0 Å². The summed E-state index contributed by atoms with van der Waals surface area (Å²) in [6, 6.07) is 7.00. The summed E-state index contributed by atoms with van der Waals surface area (Å²) in [5.41, 5.74) is 0.785. The van der Waals surface area contributed by atoms with Crippen molar-refractivity contribution in [2.45, 2.75) is 13.5 Å². The first-order chi connectivity index (χ1) is 11.5. The zero-order chi connectivity index (χ0) is 17.3. The van der Waals surface area contributed by atoms with Crippen LogP contribution in [-0.4, -0.2) is 30.5 Å². The van der Waals surface area contributed by atoms with E-state index >= 15 is 0 Å². The Kier molecular flexibility index (Phi) is 3.78. The lowest BCUT2D eigenvalue weighted by molar-refractivity contribution is -0.392. The van der Waals surface area contributed by atoms with Crippen LogP contribution in [0.3, 0.4) is 0 Å². The molecule has 122 valence electrons. The Hall–Kier alpha value is -3.56. The van der Waals surface area contributed by atoms with Gasteiger partial charge >= 0.3 is 11.7 Å². The highest BCUT2D eigenvalue weighted by atomic mass is 16.6. The maximum atomic E-state index is 12.0. The van der Waals surface area contributed by atoms with E-state index in [2.05, 4.69) is 20.2 Å². The molecule has 0 fully saturated rings. The highest BCUT2D eigenvalue weighted by Gasteiger charge is 2.20. The van der Waals surface area contributed by atoms with Crippen LogP contribution in [0.4, 0.5) is 11.5 Å². The zero-order valence-electron chi connectivity index (χ0n) is 12.5. The first-order valence-electron chi connectivity index (χ1n) is 6.88. The third-order valence-electron chi connectivity index (χ3n) is 3.44. The van der Waals surface area contributed by atoms with E-state index in [9.17, 15) is 20.0 Å². The second-order valence-corrected chi connectivity index (χ2v) is 4.97. The number of benzene rings is 1. The summed E-state index contributed by atoms with van der Waals surface area (Å²) >= 11 is 0. The molecule has 2 aromatic heterocycles. The second-order valence-electron chi connectivity index (χ2n) is 4.97. The number of hydrogen-bond donors (Lipinski definition) is 2. The van der Waals surface area contributed by atoms with Gasteiger partial charge in [-0.25, -0.2) is 9.55 Å². The second kappa shape index (κ2) is 5.91. The summed E-state index contributed by atoms with van der Waals surface area (Å²) in [5, 5.41) is 28.6. The van der Waals surface area contributed by atoms with E-state index < -0.39 is 10.8 Å². The molecule has 2 heterocycles. The molecule has 0 aliphatic heterocycles. The first kappa shape index (κ1) is 15.3. The Labute approximate surface area is 134 Å². The SMILES string of the molecule is Cc1ncc([N+](=O)[O-])n1CC(=O)N=Nc1c(O)[nH]c2ccccc12. The molecule has 0 aliphatic carbocycles. The fourth-order valence-corrected chi connectivity index (χ4v) is 2.28. The van der Waals surface area contributed by atoms with Gasteiger partial charge in [0, 0.05) is 12.3 Å². The number of imidazole rings is 1. The molecule has 10 nitrogen and oxygen atoms in total. The number of carbonyl (C=O) groups excluding carboxylic acids is 1. The quantitative estimate of drug-likeness (QED) is 0.430. The maximum Gasteiger partial charge on any atom is 0.343 e. The number of fused-ring (bicyclic) bond motifs is 1. The van der Waals surface area contributed by atoms with Crippen molar-refractivity contribution in [3.63, 3.8) is 0 Å². The summed E-state index contributed by atoms with van der Waals surface area (Å²) in [5.74, 6) is -0.896. The minimum absolute atomic E-state index is 0.135. The number of aromatic amines is 1. The average Bonchev–Trinajstić information content (AvgIpc) is 3.05. The number of nitrogens with zero attached hydrogens (tertiary/aromatic N) is 5. The molecule has 2 N–H and O–H groups in total. The number of H-pyrrole nitrogens is 1. The van der Waals surface area contributed by atoms with Crippen LogP contribution in [-0.2, 0) is 11.3 Å². The normalized spacial score (nSPS) is 11.4. The van der Waals surface area contributed by atoms with E-state index in [0.29, 0.717) is 16.7 Å². The van der Waals surface area contributed by atoms with Crippen molar-refractivity contribution in [3.8, 4) is 5.88 Å². The largest absolute Gasteiger partial charge is 0.493 e. The number of hydrogen-bond acceptors (Lipinski definition) is 6. The fraction of sp³-hybridized carbons (Fsp3) is 0.143. The van der Waals surface area contributed by atoms with Crippen molar-refractivity contribution >= 4 is 28.3 Å². The number of carbonyl (C=O) groups is 1. The average molecular weight is 328 g/mol. The van der Waals surface area contributed by atoms with E-state index in [1.165, 1.54) is 0 Å². The number of aryl methyl sites for hydroxylation is 1. The molecule has 10 heteroatoms. The van der Waals surface area contributed by atoms with Crippen LogP contribution in [0.1, 0.15) is 5.82 Å². The van der Waals surface area contributed by atoms with Crippen LogP contribution < -0.4 is 0 Å². The molecule has 0 aliphatic rings. The molecule has 3 aromatic rings. The van der Waals surface area contributed by atoms with Gasteiger partial charge in [-0.1, -0.05) is 18.2 Å². The molecular formula is C14H12N6O4. The molecule has 0 saturated carbocycles. The molecule has 1 amide bonds. The highest BCUT2D eigenvalue weighted by molar-refractivity contribution is 5.94. The molecule has 0 bridgehead atoms. The highest BCUT2D eigenvalue weighted by Crippen LogP contribution is 2.35. The van der Waals surface area contributed by atoms with Gasteiger partial charge in [0.05, 0.1) is 5.52 Å². The van der Waals surface area contributed by atoms with E-state index in [4.69, 9.17) is 0 Å². The Bertz CT molecular complexity index is 971. The van der Waals surface area contributed by atoms with E-state index in [-0.39, 0.29) is 23.9 Å². The Balaban J connectivity index is 1.85. The zero-order valence-corrected chi connectivity index (χ0v) is 12.5. The van der Waals surface area contributed by atoms with Crippen molar-refractivity contribution in [2.24, 2.45) is 10.2 Å². The summed E-state index contributed by atoms with van der Waals surface area (Å²) in [6.07, 6.45) is 1.07. The van der Waals surface area contributed by atoms with Gasteiger partial charge in [-0.3, -0.25) is 4.79 Å². The predicted octanol–water partition coefficient (Wildman–Crippen LogP) is 2.60. The van der Waals surface area contributed by atoms with Crippen molar-refractivity contribution in [1.82, 2.24) is 14.5 Å². The lowest BCUT2D eigenvalue weighted by Gasteiger charge is -1.99. The monoisotopic (exact) mass is 328 g/mol. The van der Waals surface area contributed by atoms with Crippen molar-refractivity contribution in [1.29, 1.82) is 0 Å². The Morgan fingerprint density at radius 2 is 2.21 bits per heavy atom. The van der Waals surface area contributed by atoms with Gasteiger partial charge in [-0.2, -0.15) is 0 Å². The molecular weight excluding hydrogens is 316 g/mol. The minimum Gasteiger partial charge on any atom is -0.493 e. The fourth-order valence-electron chi connectivity index (χ4n) is 2.28. The van der Waals surface area contributed by atoms with Crippen LogP contribution in [0.15, 0.2) is 40.7 Å². The number of rotatable bonds is 4. The number of para-hydroxylation sites is 1. The van der Waals surface area contributed by atoms with E-state index in [1.54, 1.807) is 31.2 Å². The number of aromatic hydroxyl groups is 1. The number of amides is 1. The Morgan fingerprint density at radius 3 is 2.96 bits per heavy atom. The number of nitro groups is 1. The molecule has 3 rings (SSSR count). The standard InChI is InChI=1S/C14H12N6O4/c1-8-15-6-12(20(23)24)19(8)7-11(21)17-18-13-9-4-2-3-5-10(9)16-14(13)22/h2-6,16,22H,7H2,1H3. The molecule has 0 unspecified atom stereocenters. The van der Waals surface area contributed by atoms with Gasteiger partial charge in [-0.15, -0.1) is 10.2 Å². The molecule has 1 aromatic carbocycles. The number of aromatic nitrogens is 3. The summed E-state index contributed by atoms with van der Waals surface area (Å²) in [7, 11) is 0. The van der Waals surface area contributed by atoms with E-state index in [0.717, 1.165) is 10.8 Å². The molecule has 0 saturated heterocycles. The summed E-state index contributed by atoms with van der Waals surface area (Å²) < 4.78 is 1.14. The van der Waals surface area contributed by atoms with Gasteiger partial charge < -0.3 is 20.2 Å². The lowest BCUT2D eigenvalue weighted by Crippen LogP contribution is -2.11. The number of nitrogens with one attached hydrogen (secondary N) is 1. The van der Waals surface area contributed by atoms with Crippen LogP contribution in [0.25, 0.3) is 10.9 Å². The van der Waals surface area contributed by atoms with Gasteiger partial charge in [0.2, 0.25) is 5.88 Å². The van der Waals surface area contributed by atoms with Crippen molar-refractivity contribution in [2.75, 3.05) is 0 Å². The van der Waals surface area contributed by atoms with Gasteiger partial charge in [0.25, 0.3) is 0 Å². The van der Waals surface area contributed by atoms with Gasteiger partial charge in [-0.05, 0) is 11.0 Å². The molecule has 0 atom stereocenters. The Morgan fingerprint density at radius 1 is 1.46 bits per heavy atom. The third kappa shape index (κ3) is 2.72.